The van der Waals surface area contributed by atoms with Crippen molar-refractivity contribution in [1.82, 2.24) is 9.88 Å². The van der Waals surface area contributed by atoms with Crippen molar-refractivity contribution in [3.05, 3.63) is 39.8 Å². The van der Waals surface area contributed by atoms with Crippen LogP contribution >= 0.6 is 11.3 Å². The number of nitrogens with zero attached hydrogens (tertiary/aromatic N) is 2. The molecule has 25 heavy (non-hydrogen) atoms. The smallest absolute Gasteiger partial charge is 0.254 e. The molecule has 1 amide bonds. The van der Waals surface area contributed by atoms with E-state index >= 15 is 0 Å². The highest BCUT2D eigenvalue weighted by atomic mass is 32.1. The van der Waals surface area contributed by atoms with Gasteiger partial charge in [0, 0.05) is 24.0 Å². The third-order valence-corrected chi connectivity index (χ3v) is 5.18. The topological polar surface area (TPSA) is 77.7 Å². The van der Waals surface area contributed by atoms with Gasteiger partial charge >= 0.3 is 0 Å². The summed E-state index contributed by atoms with van der Waals surface area (Å²) in [5.41, 5.74) is 7.19. The lowest BCUT2D eigenvalue weighted by molar-refractivity contribution is 0.0787. The number of hydrogen-bond donors (Lipinski definition) is 1. The fourth-order valence-corrected chi connectivity index (χ4v) is 3.54. The molecule has 7 heteroatoms. The minimum absolute atomic E-state index is 0.0101. The van der Waals surface area contributed by atoms with Gasteiger partial charge in [0.25, 0.3) is 5.91 Å². The van der Waals surface area contributed by atoms with Crippen molar-refractivity contribution in [3.63, 3.8) is 0 Å². The van der Waals surface area contributed by atoms with E-state index in [1.54, 1.807) is 36.6 Å². The van der Waals surface area contributed by atoms with Gasteiger partial charge in [-0.25, -0.2) is 4.98 Å². The second kappa shape index (κ2) is 7.84. The largest absolute Gasteiger partial charge is 0.493 e. The van der Waals surface area contributed by atoms with Crippen LogP contribution in [0, 0.1) is 12.8 Å². The summed E-state index contributed by atoms with van der Waals surface area (Å²) in [6, 6.07) is 5.30. The number of carbonyl (C=O) groups excluding carboxylic acids is 1. The number of likely N-dealkylation sites (tertiary alicyclic amines) is 1. The molecule has 0 saturated carbocycles. The van der Waals surface area contributed by atoms with Gasteiger partial charge in [-0.3, -0.25) is 4.79 Å². The predicted molar refractivity (Wildman–Crippen MR) is 97.2 cm³/mol. The zero-order valence-corrected chi connectivity index (χ0v) is 15.3. The summed E-state index contributed by atoms with van der Waals surface area (Å²) >= 11 is 1.59. The summed E-state index contributed by atoms with van der Waals surface area (Å²) in [7, 11) is 1.57. The number of hydrogen-bond acceptors (Lipinski definition) is 6. The van der Waals surface area contributed by atoms with E-state index in [0.717, 1.165) is 30.2 Å². The van der Waals surface area contributed by atoms with Crippen molar-refractivity contribution in [2.24, 2.45) is 11.7 Å². The molecule has 6 nitrogen and oxygen atoms in total. The molecule has 0 aliphatic carbocycles. The number of amides is 1. The van der Waals surface area contributed by atoms with Gasteiger partial charge in [0.1, 0.15) is 6.61 Å². The molecule has 1 aliphatic rings. The maximum Gasteiger partial charge on any atom is 0.254 e. The monoisotopic (exact) mass is 361 g/mol. The zero-order valence-electron chi connectivity index (χ0n) is 14.5. The average Bonchev–Trinajstić information content (AvgIpc) is 3.28. The number of thiazole rings is 1. The SMILES string of the molecule is COc1cc(C(=O)N2CCC(CN)C2)ccc1OCc1csc(C)n1. The highest BCUT2D eigenvalue weighted by Gasteiger charge is 2.26. The number of nitrogens with two attached hydrogens (primary N) is 1. The molecule has 1 aromatic heterocycles. The molecule has 2 aromatic rings. The fourth-order valence-electron chi connectivity index (χ4n) is 2.94. The molecule has 0 radical (unpaired) electrons. The van der Waals surface area contributed by atoms with Gasteiger partial charge in [-0.1, -0.05) is 0 Å². The summed E-state index contributed by atoms with van der Waals surface area (Å²) in [6.45, 7) is 4.43. The molecule has 0 spiro atoms. The molecule has 2 heterocycles. The molecule has 3 rings (SSSR count). The second-order valence-electron chi connectivity index (χ2n) is 6.15. The maximum atomic E-state index is 12.7. The molecular weight excluding hydrogens is 338 g/mol. The quantitative estimate of drug-likeness (QED) is 0.855. The lowest BCUT2D eigenvalue weighted by Gasteiger charge is -2.17. The Balaban J connectivity index is 1.69. The van der Waals surface area contributed by atoms with E-state index in [1.807, 2.05) is 17.2 Å². The zero-order chi connectivity index (χ0) is 17.8. The molecular formula is C18H23N3O3S. The van der Waals surface area contributed by atoms with Gasteiger partial charge < -0.3 is 20.1 Å². The standard InChI is InChI=1S/C18H23N3O3S/c1-12-20-15(11-25-12)10-24-16-4-3-14(7-17(16)23-2)18(22)21-6-5-13(8-19)9-21/h3-4,7,11,13H,5-6,8-10,19H2,1-2H3. The molecule has 134 valence electrons. The van der Waals surface area contributed by atoms with E-state index in [2.05, 4.69) is 4.98 Å². The van der Waals surface area contributed by atoms with Crippen LogP contribution in [0.4, 0.5) is 0 Å². The van der Waals surface area contributed by atoms with Crippen LogP contribution in [-0.2, 0) is 6.61 Å². The number of rotatable bonds is 6. The predicted octanol–water partition coefficient (Wildman–Crippen LogP) is 2.46. The molecule has 1 saturated heterocycles. The lowest BCUT2D eigenvalue weighted by Crippen LogP contribution is -2.29. The van der Waals surface area contributed by atoms with Crippen molar-refractivity contribution >= 4 is 17.2 Å². The fraction of sp³-hybridized carbons (Fsp3) is 0.444. The Hall–Kier alpha value is -2.12. The summed E-state index contributed by atoms with van der Waals surface area (Å²) < 4.78 is 11.2. The second-order valence-corrected chi connectivity index (χ2v) is 7.22. The number of benzene rings is 1. The summed E-state index contributed by atoms with van der Waals surface area (Å²) in [6.07, 6.45) is 0.966. The van der Waals surface area contributed by atoms with Gasteiger partial charge in [-0.15, -0.1) is 11.3 Å². The Kier molecular flexibility index (Phi) is 5.55. The number of carbonyl (C=O) groups is 1. The van der Waals surface area contributed by atoms with Crippen molar-refractivity contribution in [2.75, 3.05) is 26.7 Å². The Bertz CT molecular complexity index is 747. The van der Waals surface area contributed by atoms with Crippen LogP contribution in [0.3, 0.4) is 0 Å². The first-order valence-electron chi connectivity index (χ1n) is 8.32. The van der Waals surface area contributed by atoms with Crippen LogP contribution in [-0.4, -0.2) is 42.5 Å². The highest BCUT2D eigenvalue weighted by molar-refractivity contribution is 7.09. The van der Waals surface area contributed by atoms with Crippen molar-refractivity contribution in [2.45, 2.75) is 20.0 Å². The third kappa shape index (κ3) is 4.11. The van der Waals surface area contributed by atoms with Crippen LogP contribution in [0.1, 0.15) is 27.5 Å². The first-order chi connectivity index (χ1) is 12.1. The Morgan fingerprint density at radius 3 is 2.92 bits per heavy atom. The summed E-state index contributed by atoms with van der Waals surface area (Å²) in [4.78, 5) is 18.9. The summed E-state index contributed by atoms with van der Waals surface area (Å²) in [5.74, 6) is 1.56. The Morgan fingerprint density at radius 2 is 2.28 bits per heavy atom. The third-order valence-electron chi connectivity index (χ3n) is 4.36. The van der Waals surface area contributed by atoms with E-state index in [1.165, 1.54) is 0 Å². The van der Waals surface area contributed by atoms with E-state index in [0.29, 0.717) is 36.1 Å². The van der Waals surface area contributed by atoms with Gasteiger partial charge in [-0.2, -0.15) is 0 Å². The van der Waals surface area contributed by atoms with Crippen molar-refractivity contribution in [1.29, 1.82) is 0 Å². The van der Waals surface area contributed by atoms with Crippen LogP contribution in [0.15, 0.2) is 23.6 Å². The van der Waals surface area contributed by atoms with Gasteiger partial charge in [0.2, 0.25) is 0 Å². The Morgan fingerprint density at radius 1 is 1.44 bits per heavy atom. The normalized spacial score (nSPS) is 16.9. The van der Waals surface area contributed by atoms with Crippen LogP contribution < -0.4 is 15.2 Å². The molecule has 1 atom stereocenters. The summed E-state index contributed by atoms with van der Waals surface area (Å²) in [5, 5.41) is 2.98. The van der Waals surface area contributed by atoms with Gasteiger partial charge in [0.15, 0.2) is 11.5 Å². The Labute approximate surface area is 151 Å². The number of aryl methyl sites for hydroxylation is 1. The minimum atomic E-state index is 0.0101. The lowest BCUT2D eigenvalue weighted by atomic mass is 10.1. The van der Waals surface area contributed by atoms with E-state index < -0.39 is 0 Å². The van der Waals surface area contributed by atoms with Crippen LogP contribution in [0.2, 0.25) is 0 Å². The number of aromatic nitrogens is 1. The number of ether oxygens (including phenoxy) is 2. The maximum absolute atomic E-state index is 12.7. The van der Waals surface area contributed by atoms with E-state index in [-0.39, 0.29) is 5.91 Å². The molecule has 1 aromatic carbocycles. The van der Waals surface area contributed by atoms with Crippen molar-refractivity contribution in [3.8, 4) is 11.5 Å². The highest BCUT2D eigenvalue weighted by Crippen LogP contribution is 2.30. The average molecular weight is 361 g/mol. The van der Waals surface area contributed by atoms with Crippen molar-refractivity contribution < 1.29 is 14.3 Å². The molecule has 1 aliphatic heterocycles. The first kappa shape index (κ1) is 17.7. The van der Waals surface area contributed by atoms with E-state index in [9.17, 15) is 4.79 Å². The van der Waals surface area contributed by atoms with Crippen LogP contribution in [0.5, 0.6) is 11.5 Å². The minimum Gasteiger partial charge on any atom is -0.493 e. The van der Waals surface area contributed by atoms with Gasteiger partial charge in [-0.05, 0) is 44.0 Å². The van der Waals surface area contributed by atoms with E-state index in [4.69, 9.17) is 15.2 Å². The molecule has 0 bridgehead atoms. The molecule has 2 N–H and O–H groups in total. The molecule has 1 unspecified atom stereocenters. The molecule has 1 fully saturated rings. The first-order valence-corrected chi connectivity index (χ1v) is 9.20. The van der Waals surface area contributed by atoms with Gasteiger partial charge in [0.05, 0.1) is 17.8 Å². The number of methoxy groups -OCH3 is 1. The van der Waals surface area contributed by atoms with Crippen LogP contribution in [0.25, 0.3) is 0 Å².